The standard InChI is InChI=1S/C15H21N3O2/c1-4-16-11(2)8-15-17-14(18-20-15)10-12-6-5-7-13(9-12)19-3/h5-7,9,11,16H,4,8,10H2,1-3H3. The van der Waals surface area contributed by atoms with Gasteiger partial charge in [-0.2, -0.15) is 4.98 Å². The molecule has 0 spiro atoms. The number of nitrogens with one attached hydrogen (secondary N) is 1. The van der Waals surface area contributed by atoms with Gasteiger partial charge in [-0.1, -0.05) is 24.2 Å². The molecule has 0 radical (unpaired) electrons. The molecule has 1 aromatic heterocycles. The van der Waals surface area contributed by atoms with Crippen LogP contribution in [0.15, 0.2) is 28.8 Å². The summed E-state index contributed by atoms with van der Waals surface area (Å²) in [5.74, 6) is 2.22. The van der Waals surface area contributed by atoms with E-state index in [1.807, 2.05) is 24.3 Å². The highest BCUT2D eigenvalue weighted by molar-refractivity contribution is 5.30. The molecule has 1 N–H and O–H groups in total. The molecule has 0 amide bonds. The Hall–Kier alpha value is -1.88. The van der Waals surface area contributed by atoms with Crippen molar-refractivity contribution >= 4 is 0 Å². The van der Waals surface area contributed by atoms with Crippen LogP contribution in [-0.4, -0.2) is 29.8 Å². The summed E-state index contributed by atoms with van der Waals surface area (Å²) in [6, 6.07) is 8.23. The van der Waals surface area contributed by atoms with E-state index < -0.39 is 0 Å². The van der Waals surface area contributed by atoms with Crippen molar-refractivity contribution in [3.8, 4) is 5.75 Å². The second-order valence-electron chi connectivity index (χ2n) is 4.80. The summed E-state index contributed by atoms with van der Waals surface area (Å²) in [5.41, 5.74) is 1.11. The van der Waals surface area contributed by atoms with Gasteiger partial charge in [-0.3, -0.25) is 0 Å². The lowest BCUT2D eigenvalue weighted by atomic mass is 10.1. The Kier molecular flexibility index (Phi) is 5.12. The molecule has 0 aliphatic heterocycles. The van der Waals surface area contributed by atoms with E-state index in [4.69, 9.17) is 9.26 Å². The largest absolute Gasteiger partial charge is 0.497 e. The Bertz CT molecular complexity index is 539. The first-order chi connectivity index (χ1) is 9.71. The summed E-state index contributed by atoms with van der Waals surface area (Å²) in [5, 5.41) is 7.35. The number of methoxy groups -OCH3 is 1. The predicted molar refractivity (Wildman–Crippen MR) is 76.9 cm³/mol. The van der Waals surface area contributed by atoms with Crippen molar-refractivity contribution < 1.29 is 9.26 Å². The number of hydrogen-bond acceptors (Lipinski definition) is 5. The van der Waals surface area contributed by atoms with Crippen LogP contribution in [0.5, 0.6) is 5.75 Å². The molecule has 20 heavy (non-hydrogen) atoms. The molecule has 5 nitrogen and oxygen atoms in total. The maximum absolute atomic E-state index is 5.28. The molecule has 2 rings (SSSR count). The van der Waals surface area contributed by atoms with E-state index in [1.165, 1.54) is 0 Å². The number of aromatic nitrogens is 2. The number of likely N-dealkylation sites (N-methyl/N-ethyl adjacent to an activating group) is 1. The Balaban J connectivity index is 1.98. The van der Waals surface area contributed by atoms with E-state index >= 15 is 0 Å². The smallest absolute Gasteiger partial charge is 0.228 e. The van der Waals surface area contributed by atoms with Gasteiger partial charge in [0, 0.05) is 18.9 Å². The van der Waals surface area contributed by atoms with Crippen molar-refractivity contribution in [1.29, 1.82) is 0 Å². The monoisotopic (exact) mass is 275 g/mol. The minimum Gasteiger partial charge on any atom is -0.497 e. The van der Waals surface area contributed by atoms with Crippen LogP contribution in [0.4, 0.5) is 0 Å². The van der Waals surface area contributed by atoms with Crippen molar-refractivity contribution in [1.82, 2.24) is 15.5 Å². The second-order valence-corrected chi connectivity index (χ2v) is 4.80. The molecule has 5 heteroatoms. The molecule has 0 aliphatic carbocycles. The van der Waals surface area contributed by atoms with Crippen LogP contribution < -0.4 is 10.1 Å². The third kappa shape index (κ3) is 4.06. The molecule has 1 atom stereocenters. The zero-order valence-corrected chi connectivity index (χ0v) is 12.2. The predicted octanol–water partition coefficient (Wildman–Crippen LogP) is 2.21. The van der Waals surface area contributed by atoms with Crippen LogP contribution >= 0.6 is 0 Å². The number of hydrogen-bond donors (Lipinski definition) is 1. The normalized spacial score (nSPS) is 12.3. The van der Waals surface area contributed by atoms with Gasteiger partial charge in [-0.05, 0) is 31.2 Å². The van der Waals surface area contributed by atoms with Crippen molar-refractivity contribution in [2.45, 2.75) is 32.7 Å². The van der Waals surface area contributed by atoms with Crippen molar-refractivity contribution in [3.05, 3.63) is 41.5 Å². The van der Waals surface area contributed by atoms with Crippen LogP contribution in [0.2, 0.25) is 0 Å². The fourth-order valence-corrected chi connectivity index (χ4v) is 2.09. The van der Waals surface area contributed by atoms with Gasteiger partial charge in [-0.15, -0.1) is 0 Å². The molecule has 0 fully saturated rings. The Morgan fingerprint density at radius 2 is 2.25 bits per heavy atom. The third-order valence-electron chi connectivity index (χ3n) is 3.04. The van der Waals surface area contributed by atoms with Crippen molar-refractivity contribution in [2.75, 3.05) is 13.7 Å². The zero-order valence-electron chi connectivity index (χ0n) is 12.2. The molecular weight excluding hydrogens is 254 g/mol. The highest BCUT2D eigenvalue weighted by Gasteiger charge is 2.10. The summed E-state index contributed by atoms with van der Waals surface area (Å²) in [6.45, 7) is 5.12. The maximum Gasteiger partial charge on any atom is 0.228 e. The first kappa shape index (κ1) is 14.5. The van der Waals surface area contributed by atoms with Crippen LogP contribution in [0.3, 0.4) is 0 Å². The third-order valence-corrected chi connectivity index (χ3v) is 3.04. The van der Waals surface area contributed by atoms with E-state index in [9.17, 15) is 0 Å². The summed E-state index contributed by atoms with van der Waals surface area (Å²) in [6.07, 6.45) is 1.40. The number of benzene rings is 1. The first-order valence-electron chi connectivity index (χ1n) is 6.89. The summed E-state index contributed by atoms with van der Waals surface area (Å²) in [4.78, 5) is 4.42. The van der Waals surface area contributed by atoms with Crippen molar-refractivity contribution in [3.63, 3.8) is 0 Å². The van der Waals surface area contributed by atoms with Crippen LogP contribution in [0.25, 0.3) is 0 Å². The van der Waals surface area contributed by atoms with Crippen molar-refractivity contribution in [2.24, 2.45) is 0 Å². The topological polar surface area (TPSA) is 60.2 Å². The lowest BCUT2D eigenvalue weighted by Crippen LogP contribution is -2.27. The molecule has 2 aromatic rings. The molecule has 1 heterocycles. The molecule has 0 saturated carbocycles. The van der Waals surface area contributed by atoms with Gasteiger partial charge in [0.25, 0.3) is 0 Å². The minimum atomic E-state index is 0.338. The number of ether oxygens (including phenoxy) is 1. The minimum absolute atomic E-state index is 0.338. The fraction of sp³-hybridized carbons (Fsp3) is 0.467. The Morgan fingerprint density at radius 1 is 1.40 bits per heavy atom. The molecular formula is C15H21N3O2. The van der Waals surface area contributed by atoms with Gasteiger partial charge in [-0.25, -0.2) is 0 Å². The highest BCUT2D eigenvalue weighted by Crippen LogP contribution is 2.15. The van der Waals surface area contributed by atoms with Gasteiger partial charge < -0.3 is 14.6 Å². The van der Waals surface area contributed by atoms with Crippen LogP contribution in [-0.2, 0) is 12.8 Å². The highest BCUT2D eigenvalue weighted by atomic mass is 16.5. The average molecular weight is 275 g/mol. The Labute approximate surface area is 119 Å². The summed E-state index contributed by atoms with van der Waals surface area (Å²) in [7, 11) is 1.66. The van der Waals surface area contributed by atoms with Gasteiger partial charge in [0.2, 0.25) is 5.89 Å². The lowest BCUT2D eigenvalue weighted by Gasteiger charge is -2.07. The Morgan fingerprint density at radius 3 is 3.00 bits per heavy atom. The zero-order chi connectivity index (χ0) is 14.4. The van der Waals surface area contributed by atoms with Crippen LogP contribution in [0.1, 0.15) is 31.1 Å². The van der Waals surface area contributed by atoms with Gasteiger partial charge >= 0.3 is 0 Å². The average Bonchev–Trinajstić information content (AvgIpc) is 2.86. The van der Waals surface area contributed by atoms with Gasteiger partial charge in [0.15, 0.2) is 5.82 Å². The number of rotatable bonds is 7. The molecule has 0 aliphatic rings. The summed E-state index contributed by atoms with van der Waals surface area (Å²) >= 11 is 0. The summed E-state index contributed by atoms with van der Waals surface area (Å²) < 4.78 is 10.5. The van der Waals surface area contributed by atoms with E-state index in [-0.39, 0.29) is 0 Å². The lowest BCUT2D eigenvalue weighted by molar-refractivity contribution is 0.359. The molecule has 1 unspecified atom stereocenters. The van der Waals surface area contributed by atoms with Gasteiger partial charge in [0.1, 0.15) is 5.75 Å². The van der Waals surface area contributed by atoms with E-state index in [0.717, 1.165) is 24.3 Å². The van der Waals surface area contributed by atoms with Crippen LogP contribution in [0, 0.1) is 0 Å². The SMILES string of the molecule is CCNC(C)Cc1nc(Cc2cccc(OC)c2)no1. The quantitative estimate of drug-likeness (QED) is 0.839. The molecule has 0 bridgehead atoms. The fourth-order valence-electron chi connectivity index (χ4n) is 2.09. The first-order valence-corrected chi connectivity index (χ1v) is 6.89. The molecule has 1 aromatic carbocycles. The van der Waals surface area contributed by atoms with E-state index in [2.05, 4.69) is 29.3 Å². The molecule has 108 valence electrons. The second kappa shape index (κ2) is 7.05. The van der Waals surface area contributed by atoms with E-state index in [0.29, 0.717) is 24.2 Å². The van der Waals surface area contributed by atoms with E-state index in [1.54, 1.807) is 7.11 Å². The number of nitrogens with zero attached hydrogens (tertiary/aromatic N) is 2. The molecule has 0 saturated heterocycles. The van der Waals surface area contributed by atoms with Gasteiger partial charge in [0.05, 0.1) is 7.11 Å². The maximum atomic E-state index is 5.28.